The number of hydrogen-bond donors (Lipinski definition) is 1. The zero-order chi connectivity index (χ0) is 23.1. The first-order valence-electron chi connectivity index (χ1n) is 9.70. The fourth-order valence-electron chi connectivity index (χ4n) is 2.96. The molecule has 0 aliphatic heterocycles. The number of hydrazone groups is 1. The van der Waals surface area contributed by atoms with Gasteiger partial charge in [-0.05, 0) is 84.6 Å². The molecule has 0 radical (unpaired) electrons. The predicted molar refractivity (Wildman–Crippen MR) is 132 cm³/mol. The van der Waals surface area contributed by atoms with Crippen molar-refractivity contribution >= 4 is 51.3 Å². The van der Waals surface area contributed by atoms with Crippen LogP contribution in [0.1, 0.15) is 22.3 Å². The molecule has 0 saturated heterocycles. The molecule has 3 aromatic carbocycles. The van der Waals surface area contributed by atoms with Crippen molar-refractivity contribution in [3.8, 4) is 11.5 Å². The number of carbonyl (C=O) groups is 1. The van der Waals surface area contributed by atoms with E-state index in [0.717, 1.165) is 32.5 Å². The lowest BCUT2D eigenvalue weighted by atomic mass is 10.1. The Hall–Kier alpha value is -2.54. The number of amides is 1. The van der Waals surface area contributed by atoms with E-state index >= 15 is 0 Å². The fraction of sp³-hybridized carbons (Fsp3) is 0.167. The Morgan fingerprint density at radius 3 is 2.34 bits per heavy atom. The maximum Gasteiger partial charge on any atom is 0.277 e. The molecule has 0 fully saturated rings. The summed E-state index contributed by atoms with van der Waals surface area (Å²) < 4.78 is 12.4. The summed E-state index contributed by atoms with van der Waals surface area (Å²) in [7, 11) is 0. The van der Waals surface area contributed by atoms with Gasteiger partial charge in [0.05, 0.1) is 16.3 Å². The smallest absolute Gasteiger partial charge is 0.277 e. The van der Waals surface area contributed by atoms with Crippen molar-refractivity contribution in [3.63, 3.8) is 0 Å². The van der Waals surface area contributed by atoms with E-state index in [1.165, 1.54) is 0 Å². The van der Waals surface area contributed by atoms with Gasteiger partial charge >= 0.3 is 0 Å². The van der Waals surface area contributed by atoms with Crippen LogP contribution in [0.2, 0.25) is 10.0 Å². The normalized spacial score (nSPS) is 10.9. The van der Waals surface area contributed by atoms with Crippen molar-refractivity contribution in [1.29, 1.82) is 0 Å². The zero-order valence-electron chi connectivity index (χ0n) is 17.5. The topological polar surface area (TPSA) is 59.9 Å². The van der Waals surface area contributed by atoms with Gasteiger partial charge in [0.25, 0.3) is 5.91 Å². The quantitative estimate of drug-likeness (QED) is 0.265. The Balaban J connectivity index is 1.54. The second-order valence-electron chi connectivity index (χ2n) is 7.06. The monoisotopic (exact) mass is 534 g/mol. The number of benzene rings is 3. The fourth-order valence-corrected chi connectivity index (χ4v) is 3.55. The molecule has 32 heavy (non-hydrogen) atoms. The average molecular weight is 536 g/mol. The van der Waals surface area contributed by atoms with E-state index < -0.39 is 0 Å². The third kappa shape index (κ3) is 6.99. The van der Waals surface area contributed by atoms with E-state index in [0.29, 0.717) is 22.4 Å². The number of carbonyl (C=O) groups excluding carboxylic acids is 1. The molecular formula is C24H21BrCl2N2O3. The van der Waals surface area contributed by atoms with E-state index in [1.54, 1.807) is 30.5 Å². The van der Waals surface area contributed by atoms with Gasteiger partial charge < -0.3 is 9.47 Å². The summed E-state index contributed by atoms with van der Waals surface area (Å²) in [5.41, 5.74) is 6.15. The highest BCUT2D eigenvalue weighted by atomic mass is 79.9. The van der Waals surface area contributed by atoms with Crippen LogP contribution in [-0.2, 0) is 11.4 Å². The summed E-state index contributed by atoms with van der Waals surface area (Å²) in [5.74, 6) is 1.05. The van der Waals surface area contributed by atoms with Gasteiger partial charge in [-0.2, -0.15) is 5.10 Å². The van der Waals surface area contributed by atoms with Gasteiger partial charge in [-0.3, -0.25) is 4.79 Å². The van der Waals surface area contributed by atoms with Crippen LogP contribution in [0.5, 0.6) is 11.5 Å². The first-order valence-corrected chi connectivity index (χ1v) is 11.2. The van der Waals surface area contributed by atoms with E-state index in [1.807, 2.05) is 44.2 Å². The first-order chi connectivity index (χ1) is 15.3. The molecule has 1 N–H and O–H groups in total. The summed E-state index contributed by atoms with van der Waals surface area (Å²) in [5, 5.41) is 5.02. The Kier molecular flexibility index (Phi) is 8.56. The lowest BCUT2D eigenvalue weighted by Gasteiger charge is -2.13. The molecule has 3 rings (SSSR count). The molecule has 0 aliphatic rings. The third-order valence-corrected chi connectivity index (χ3v) is 5.70. The summed E-state index contributed by atoms with van der Waals surface area (Å²) in [6, 6.07) is 16.5. The minimum absolute atomic E-state index is 0.126. The molecule has 0 aliphatic carbocycles. The third-order valence-electron chi connectivity index (χ3n) is 4.44. The van der Waals surface area contributed by atoms with Crippen LogP contribution >= 0.6 is 39.1 Å². The maximum atomic E-state index is 11.9. The molecule has 0 unspecified atom stereocenters. The minimum atomic E-state index is -0.348. The molecule has 0 aromatic heterocycles. The largest absolute Gasteiger partial charge is 0.488 e. The number of hydrogen-bond acceptors (Lipinski definition) is 4. The second kappa shape index (κ2) is 11.4. The van der Waals surface area contributed by atoms with Gasteiger partial charge in [-0.1, -0.05) is 45.2 Å². The van der Waals surface area contributed by atoms with Gasteiger partial charge in [0.2, 0.25) is 0 Å². The van der Waals surface area contributed by atoms with E-state index in [9.17, 15) is 4.79 Å². The number of nitrogens with zero attached hydrogens (tertiary/aromatic N) is 1. The number of halogens is 3. The Bertz CT molecular complexity index is 1110. The highest BCUT2D eigenvalue weighted by Gasteiger charge is 2.08. The first kappa shape index (κ1) is 24.1. The lowest BCUT2D eigenvalue weighted by molar-refractivity contribution is -0.123. The Morgan fingerprint density at radius 2 is 1.69 bits per heavy atom. The predicted octanol–water partition coefficient (Wildman–Crippen LogP) is 6.48. The standard InChI is InChI=1S/C24H21BrCl2N2O3/c1-15-9-18(12-28-29-23(30)14-31-20-6-4-19(25)5-7-20)10-16(2)24(15)32-13-17-3-8-21(26)22(27)11-17/h3-12H,13-14H2,1-2H3,(H,29,30)/b28-12-. The lowest BCUT2D eigenvalue weighted by Crippen LogP contribution is -2.24. The van der Waals surface area contributed by atoms with Gasteiger partial charge in [-0.15, -0.1) is 0 Å². The van der Waals surface area contributed by atoms with E-state index in [2.05, 4.69) is 26.5 Å². The van der Waals surface area contributed by atoms with Crippen molar-refractivity contribution in [2.75, 3.05) is 6.61 Å². The number of rotatable bonds is 8. The van der Waals surface area contributed by atoms with Crippen LogP contribution < -0.4 is 14.9 Å². The minimum Gasteiger partial charge on any atom is -0.488 e. The van der Waals surface area contributed by atoms with Crippen LogP contribution in [0.25, 0.3) is 0 Å². The summed E-state index contributed by atoms with van der Waals surface area (Å²) in [6.07, 6.45) is 1.58. The Labute approximate surface area is 205 Å². The molecule has 0 heterocycles. The molecule has 1 amide bonds. The Morgan fingerprint density at radius 1 is 1.00 bits per heavy atom. The van der Waals surface area contributed by atoms with E-state index in [-0.39, 0.29) is 12.5 Å². The van der Waals surface area contributed by atoms with Crippen molar-refractivity contribution in [3.05, 3.63) is 91.4 Å². The van der Waals surface area contributed by atoms with Gasteiger partial charge in [-0.25, -0.2) is 5.43 Å². The summed E-state index contributed by atoms with van der Waals surface area (Å²) >= 11 is 15.4. The molecule has 0 spiro atoms. The molecule has 3 aromatic rings. The SMILES string of the molecule is Cc1cc(/C=N\NC(=O)COc2ccc(Br)cc2)cc(C)c1OCc1ccc(Cl)c(Cl)c1. The number of nitrogens with one attached hydrogen (secondary N) is 1. The van der Waals surface area contributed by atoms with E-state index in [4.69, 9.17) is 32.7 Å². The van der Waals surface area contributed by atoms with Gasteiger partial charge in [0, 0.05) is 4.47 Å². The average Bonchev–Trinajstić information content (AvgIpc) is 2.75. The van der Waals surface area contributed by atoms with Crippen molar-refractivity contribution in [1.82, 2.24) is 5.43 Å². The highest BCUT2D eigenvalue weighted by molar-refractivity contribution is 9.10. The zero-order valence-corrected chi connectivity index (χ0v) is 20.6. The molecule has 0 saturated carbocycles. The highest BCUT2D eigenvalue weighted by Crippen LogP contribution is 2.27. The van der Waals surface area contributed by atoms with Crippen LogP contribution in [0.4, 0.5) is 0 Å². The number of aryl methyl sites for hydroxylation is 2. The molecule has 8 heteroatoms. The number of ether oxygens (including phenoxy) is 2. The van der Waals surface area contributed by atoms with Crippen molar-refractivity contribution in [2.45, 2.75) is 20.5 Å². The van der Waals surface area contributed by atoms with Crippen LogP contribution in [-0.4, -0.2) is 18.7 Å². The molecule has 0 atom stereocenters. The van der Waals surface area contributed by atoms with Crippen molar-refractivity contribution < 1.29 is 14.3 Å². The molecule has 5 nitrogen and oxygen atoms in total. The second-order valence-corrected chi connectivity index (χ2v) is 8.79. The maximum absolute atomic E-state index is 11.9. The van der Waals surface area contributed by atoms with Gasteiger partial charge in [0.15, 0.2) is 6.61 Å². The van der Waals surface area contributed by atoms with Crippen LogP contribution in [0, 0.1) is 13.8 Å². The van der Waals surface area contributed by atoms with Crippen LogP contribution in [0.15, 0.2) is 64.2 Å². The molecule has 0 bridgehead atoms. The molecular weight excluding hydrogens is 515 g/mol. The summed E-state index contributed by atoms with van der Waals surface area (Å²) in [4.78, 5) is 11.9. The summed E-state index contributed by atoms with van der Waals surface area (Å²) in [6.45, 7) is 4.16. The molecule has 166 valence electrons. The van der Waals surface area contributed by atoms with Crippen molar-refractivity contribution in [2.24, 2.45) is 5.10 Å². The van der Waals surface area contributed by atoms with Gasteiger partial charge in [0.1, 0.15) is 18.1 Å². The van der Waals surface area contributed by atoms with Crippen LogP contribution in [0.3, 0.4) is 0 Å².